The van der Waals surface area contributed by atoms with Crippen LogP contribution in [0.25, 0.3) is 0 Å². The number of hydrogen-bond acceptors (Lipinski definition) is 2. The maximum absolute atomic E-state index is 11.7. The molecule has 88 valence electrons. The van der Waals surface area contributed by atoms with Crippen molar-refractivity contribution in [3.05, 3.63) is 0 Å². The zero-order valence-electron chi connectivity index (χ0n) is 10.1. The van der Waals surface area contributed by atoms with Crippen molar-refractivity contribution in [3.63, 3.8) is 0 Å². The van der Waals surface area contributed by atoms with Crippen molar-refractivity contribution in [1.29, 1.82) is 0 Å². The highest BCUT2D eigenvalue weighted by Crippen LogP contribution is 2.25. The third kappa shape index (κ3) is 4.65. The van der Waals surface area contributed by atoms with Gasteiger partial charge in [-0.2, -0.15) is 0 Å². The molecule has 0 heterocycles. The highest BCUT2D eigenvalue weighted by atomic mass is 16.2. The summed E-state index contributed by atoms with van der Waals surface area (Å²) < 4.78 is 0. The van der Waals surface area contributed by atoms with Crippen LogP contribution in [0.3, 0.4) is 0 Å². The summed E-state index contributed by atoms with van der Waals surface area (Å²) in [6.07, 6.45) is 5.96. The first-order valence-corrected chi connectivity index (χ1v) is 6.18. The topological polar surface area (TPSA) is 32.3 Å². The molecule has 0 aliphatic heterocycles. The molecule has 0 saturated heterocycles. The molecular weight excluding hydrogens is 188 g/mol. The van der Waals surface area contributed by atoms with E-state index in [0.29, 0.717) is 6.42 Å². The zero-order valence-corrected chi connectivity index (χ0v) is 10.1. The normalized spacial score (nSPS) is 16.9. The van der Waals surface area contributed by atoms with E-state index in [1.54, 1.807) is 0 Å². The SMILES string of the molecule is CCNCCC(=O)N(C)CC1CCCC1. The fraction of sp³-hybridized carbons (Fsp3) is 0.917. The van der Waals surface area contributed by atoms with Gasteiger partial charge in [0, 0.05) is 26.6 Å². The van der Waals surface area contributed by atoms with Crippen molar-refractivity contribution >= 4 is 5.91 Å². The van der Waals surface area contributed by atoms with Crippen molar-refractivity contribution in [3.8, 4) is 0 Å². The van der Waals surface area contributed by atoms with E-state index in [0.717, 1.165) is 25.6 Å². The van der Waals surface area contributed by atoms with Gasteiger partial charge in [-0.05, 0) is 25.3 Å². The van der Waals surface area contributed by atoms with Crippen molar-refractivity contribution in [1.82, 2.24) is 10.2 Å². The van der Waals surface area contributed by atoms with Crippen LogP contribution in [0.4, 0.5) is 0 Å². The minimum atomic E-state index is 0.280. The molecule has 1 rings (SSSR count). The lowest BCUT2D eigenvalue weighted by Gasteiger charge is -2.21. The monoisotopic (exact) mass is 212 g/mol. The first-order valence-electron chi connectivity index (χ1n) is 6.18. The van der Waals surface area contributed by atoms with Crippen LogP contribution in [-0.2, 0) is 4.79 Å². The fourth-order valence-corrected chi connectivity index (χ4v) is 2.25. The Kier molecular flexibility index (Phi) is 5.69. The van der Waals surface area contributed by atoms with E-state index in [2.05, 4.69) is 12.2 Å². The average Bonchev–Trinajstić information content (AvgIpc) is 2.70. The zero-order chi connectivity index (χ0) is 11.1. The molecule has 1 aliphatic carbocycles. The van der Waals surface area contributed by atoms with E-state index >= 15 is 0 Å². The molecular formula is C12H24N2O. The molecule has 1 N–H and O–H groups in total. The third-order valence-electron chi connectivity index (χ3n) is 3.20. The molecule has 0 unspecified atom stereocenters. The number of amides is 1. The molecule has 1 amide bonds. The second-order valence-electron chi connectivity index (χ2n) is 4.53. The van der Waals surface area contributed by atoms with Crippen LogP contribution < -0.4 is 5.32 Å². The molecule has 0 aromatic rings. The average molecular weight is 212 g/mol. The molecule has 0 atom stereocenters. The van der Waals surface area contributed by atoms with Gasteiger partial charge in [0.15, 0.2) is 0 Å². The van der Waals surface area contributed by atoms with Gasteiger partial charge in [-0.3, -0.25) is 4.79 Å². The van der Waals surface area contributed by atoms with Gasteiger partial charge in [-0.25, -0.2) is 0 Å². The quantitative estimate of drug-likeness (QED) is 0.679. The Morgan fingerprint density at radius 2 is 2.07 bits per heavy atom. The van der Waals surface area contributed by atoms with Crippen LogP contribution in [0.15, 0.2) is 0 Å². The Bertz CT molecular complexity index is 188. The van der Waals surface area contributed by atoms with E-state index in [9.17, 15) is 4.79 Å². The smallest absolute Gasteiger partial charge is 0.223 e. The second-order valence-corrected chi connectivity index (χ2v) is 4.53. The van der Waals surface area contributed by atoms with Crippen LogP contribution in [0.5, 0.6) is 0 Å². The first kappa shape index (κ1) is 12.5. The maximum atomic E-state index is 11.7. The summed E-state index contributed by atoms with van der Waals surface area (Å²) in [5, 5.41) is 3.18. The summed E-state index contributed by atoms with van der Waals surface area (Å²) in [7, 11) is 1.94. The Labute approximate surface area is 93.2 Å². The number of rotatable bonds is 6. The molecule has 0 aromatic heterocycles. The molecule has 0 radical (unpaired) electrons. The van der Waals surface area contributed by atoms with Gasteiger partial charge in [-0.15, -0.1) is 0 Å². The summed E-state index contributed by atoms with van der Waals surface area (Å²) in [4.78, 5) is 13.6. The van der Waals surface area contributed by atoms with Crippen molar-refractivity contribution in [2.24, 2.45) is 5.92 Å². The maximum Gasteiger partial charge on any atom is 0.223 e. The molecule has 1 aliphatic rings. The van der Waals surface area contributed by atoms with Gasteiger partial charge >= 0.3 is 0 Å². The Hall–Kier alpha value is -0.570. The predicted octanol–water partition coefficient (Wildman–Crippen LogP) is 1.63. The van der Waals surface area contributed by atoms with E-state index in [1.807, 2.05) is 11.9 Å². The highest BCUT2D eigenvalue weighted by molar-refractivity contribution is 5.76. The number of hydrogen-bond donors (Lipinski definition) is 1. The molecule has 0 bridgehead atoms. The van der Waals surface area contributed by atoms with Crippen LogP contribution >= 0.6 is 0 Å². The lowest BCUT2D eigenvalue weighted by molar-refractivity contribution is -0.130. The summed E-state index contributed by atoms with van der Waals surface area (Å²) in [5.41, 5.74) is 0. The van der Waals surface area contributed by atoms with E-state index in [4.69, 9.17) is 0 Å². The fourth-order valence-electron chi connectivity index (χ4n) is 2.25. The first-order chi connectivity index (χ1) is 7.24. The van der Waals surface area contributed by atoms with Gasteiger partial charge < -0.3 is 10.2 Å². The standard InChI is InChI=1S/C12H24N2O/c1-3-13-9-8-12(15)14(2)10-11-6-4-5-7-11/h11,13H,3-10H2,1-2H3. The Balaban J connectivity index is 2.14. The van der Waals surface area contributed by atoms with Crippen molar-refractivity contribution in [2.75, 3.05) is 26.7 Å². The van der Waals surface area contributed by atoms with Crippen molar-refractivity contribution in [2.45, 2.75) is 39.0 Å². The van der Waals surface area contributed by atoms with Crippen LogP contribution in [0.2, 0.25) is 0 Å². The van der Waals surface area contributed by atoms with E-state index in [1.165, 1.54) is 25.7 Å². The van der Waals surface area contributed by atoms with Crippen molar-refractivity contribution < 1.29 is 4.79 Å². The predicted molar refractivity (Wildman–Crippen MR) is 62.8 cm³/mol. The van der Waals surface area contributed by atoms with Gasteiger partial charge in [0.25, 0.3) is 0 Å². The van der Waals surface area contributed by atoms with Crippen LogP contribution in [0, 0.1) is 5.92 Å². The van der Waals surface area contributed by atoms with Gasteiger partial charge in [0.1, 0.15) is 0 Å². The molecule has 1 saturated carbocycles. The highest BCUT2D eigenvalue weighted by Gasteiger charge is 2.18. The van der Waals surface area contributed by atoms with Gasteiger partial charge in [0.05, 0.1) is 0 Å². The van der Waals surface area contributed by atoms with Crippen LogP contribution in [-0.4, -0.2) is 37.5 Å². The van der Waals surface area contributed by atoms with Gasteiger partial charge in [0.2, 0.25) is 5.91 Å². The molecule has 1 fully saturated rings. The number of nitrogens with one attached hydrogen (secondary N) is 1. The Morgan fingerprint density at radius 1 is 1.40 bits per heavy atom. The largest absolute Gasteiger partial charge is 0.345 e. The Morgan fingerprint density at radius 3 is 2.67 bits per heavy atom. The summed E-state index contributed by atoms with van der Waals surface area (Å²) >= 11 is 0. The summed E-state index contributed by atoms with van der Waals surface area (Å²) in [6, 6.07) is 0. The molecule has 15 heavy (non-hydrogen) atoms. The lowest BCUT2D eigenvalue weighted by atomic mass is 10.1. The second kappa shape index (κ2) is 6.83. The summed E-state index contributed by atoms with van der Waals surface area (Å²) in [6.45, 7) is 4.78. The third-order valence-corrected chi connectivity index (χ3v) is 3.20. The number of nitrogens with zero attached hydrogens (tertiary/aromatic N) is 1. The molecule has 0 aromatic carbocycles. The van der Waals surface area contributed by atoms with E-state index in [-0.39, 0.29) is 5.91 Å². The van der Waals surface area contributed by atoms with Gasteiger partial charge in [-0.1, -0.05) is 19.8 Å². The number of carbonyl (C=O) groups is 1. The molecule has 3 heteroatoms. The lowest BCUT2D eigenvalue weighted by Crippen LogP contribution is -2.33. The minimum Gasteiger partial charge on any atom is -0.345 e. The minimum absolute atomic E-state index is 0.280. The molecule has 0 spiro atoms. The summed E-state index contributed by atoms with van der Waals surface area (Å²) in [5.74, 6) is 1.04. The molecule has 3 nitrogen and oxygen atoms in total. The van der Waals surface area contributed by atoms with E-state index < -0.39 is 0 Å². The number of carbonyl (C=O) groups excluding carboxylic acids is 1. The van der Waals surface area contributed by atoms with Crippen LogP contribution in [0.1, 0.15) is 39.0 Å².